The van der Waals surface area contributed by atoms with E-state index in [1.165, 1.54) is 41.3 Å². The lowest BCUT2D eigenvalue weighted by Crippen LogP contribution is -2.28. The van der Waals surface area contributed by atoms with Crippen molar-refractivity contribution in [3.05, 3.63) is 52.9 Å². The number of halogens is 2. The van der Waals surface area contributed by atoms with Gasteiger partial charge < -0.3 is 25.6 Å². The zero-order chi connectivity index (χ0) is 25.8. The first-order chi connectivity index (χ1) is 17.3. The minimum absolute atomic E-state index is 0.106. The van der Waals surface area contributed by atoms with E-state index in [-0.39, 0.29) is 28.6 Å². The van der Waals surface area contributed by atoms with Crippen molar-refractivity contribution in [2.24, 2.45) is 0 Å². The van der Waals surface area contributed by atoms with Gasteiger partial charge in [-0.25, -0.2) is 8.60 Å². The van der Waals surface area contributed by atoms with Crippen molar-refractivity contribution >= 4 is 66.1 Å². The van der Waals surface area contributed by atoms with Crippen molar-refractivity contribution in [1.29, 1.82) is 5.26 Å². The SMILES string of the molecule is N#Cc1cnc2cc(OCC(O)CO)c(NC(=O)C3CCSS3=O)cc2c1Nc1ccc(F)c(Cl)c1. The number of hydrogen-bond donors (Lipinski definition) is 4. The number of nitriles is 1. The number of amides is 1. The highest BCUT2D eigenvalue weighted by Crippen LogP contribution is 2.37. The van der Waals surface area contributed by atoms with Crippen LogP contribution in [-0.4, -0.2) is 55.6 Å². The summed E-state index contributed by atoms with van der Waals surface area (Å²) in [4.78, 5) is 17.2. The van der Waals surface area contributed by atoms with Gasteiger partial charge in [-0.1, -0.05) is 22.4 Å². The number of aliphatic hydroxyl groups excluding tert-OH is 2. The monoisotopic (exact) mass is 550 g/mol. The molecule has 4 N–H and O–H groups in total. The molecule has 188 valence electrons. The van der Waals surface area contributed by atoms with Gasteiger partial charge in [-0.05, 0) is 30.7 Å². The molecule has 1 amide bonds. The van der Waals surface area contributed by atoms with Crippen LogP contribution in [0.25, 0.3) is 10.9 Å². The summed E-state index contributed by atoms with van der Waals surface area (Å²) in [5.41, 5.74) is 1.51. The normalized spacial score (nSPS) is 18.0. The Hall–Kier alpha value is -2.95. The molecule has 3 atom stereocenters. The molecule has 36 heavy (non-hydrogen) atoms. The van der Waals surface area contributed by atoms with Crippen molar-refractivity contribution in [3.8, 4) is 11.8 Å². The summed E-state index contributed by atoms with van der Waals surface area (Å²) in [6.07, 6.45) is 0.644. The Morgan fingerprint density at radius 1 is 1.42 bits per heavy atom. The first-order valence-corrected chi connectivity index (χ1v) is 13.8. The number of carbonyl (C=O) groups is 1. The number of fused-ring (bicyclic) bond motifs is 1. The van der Waals surface area contributed by atoms with Crippen molar-refractivity contribution in [2.75, 3.05) is 29.6 Å². The van der Waals surface area contributed by atoms with Crippen molar-refractivity contribution in [2.45, 2.75) is 17.8 Å². The lowest BCUT2D eigenvalue weighted by Gasteiger charge is -2.18. The molecule has 0 bridgehead atoms. The van der Waals surface area contributed by atoms with Crippen LogP contribution < -0.4 is 15.4 Å². The van der Waals surface area contributed by atoms with E-state index in [1.54, 1.807) is 6.07 Å². The van der Waals surface area contributed by atoms with E-state index in [1.807, 2.05) is 0 Å². The van der Waals surface area contributed by atoms with Gasteiger partial charge in [0.1, 0.15) is 35.6 Å². The van der Waals surface area contributed by atoms with Crippen LogP contribution in [0.2, 0.25) is 5.02 Å². The molecule has 0 spiro atoms. The highest BCUT2D eigenvalue weighted by atomic mass is 35.5. The maximum Gasteiger partial charge on any atom is 0.241 e. The maximum atomic E-state index is 13.6. The number of aliphatic hydroxyl groups is 2. The number of benzene rings is 2. The Morgan fingerprint density at radius 2 is 2.22 bits per heavy atom. The molecule has 1 aliphatic rings. The highest BCUT2D eigenvalue weighted by Gasteiger charge is 2.31. The predicted molar refractivity (Wildman–Crippen MR) is 137 cm³/mol. The fraction of sp³-hybridized carbons (Fsp3) is 0.261. The molecule has 3 aromatic rings. The van der Waals surface area contributed by atoms with Gasteiger partial charge in [-0.3, -0.25) is 9.78 Å². The molecular weight excluding hydrogens is 531 g/mol. The molecule has 0 radical (unpaired) electrons. The Balaban J connectivity index is 1.79. The summed E-state index contributed by atoms with van der Waals surface area (Å²) in [5.74, 6) is -0.304. The second-order valence-corrected chi connectivity index (χ2v) is 11.6. The second-order valence-electron chi connectivity index (χ2n) is 7.77. The number of nitrogens with zero attached hydrogens (tertiary/aromatic N) is 2. The first-order valence-electron chi connectivity index (χ1n) is 10.7. The highest BCUT2D eigenvalue weighted by molar-refractivity contribution is 8.70. The summed E-state index contributed by atoms with van der Waals surface area (Å²) >= 11 is 5.90. The Labute approximate surface area is 216 Å². The number of nitrogens with one attached hydrogen (secondary N) is 2. The molecular formula is C23H20ClFN4O5S2. The Morgan fingerprint density at radius 3 is 2.89 bits per heavy atom. The zero-order valence-corrected chi connectivity index (χ0v) is 20.9. The van der Waals surface area contributed by atoms with Crippen LogP contribution in [0.3, 0.4) is 0 Å². The number of anilines is 3. The molecule has 13 heteroatoms. The van der Waals surface area contributed by atoms with Crippen molar-refractivity contribution in [1.82, 2.24) is 4.98 Å². The van der Waals surface area contributed by atoms with Crippen LogP contribution in [-0.2, 0) is 14.6 Å². The van der Waals surface area contributed by atoms with Gasteiger partial charge >= 0.3 is 0 Å². The second kappa shape index (κ2) is 11.4. The van der Waals surface area contributed by atoms with Crippen molar-refractivity contribution < 1.29 is 28.3 Å². The van der Waals surface area contributed by atoms with Gasteiger partial charge in [0.05, 0.1) is 43.9 Å². The van der Waals surface area contributed by atoms with E-state index in [2.05, 4.69) is 21.7 Å². The Kier molecular flexibility index (Phi) is 8.28. The number of aromatic nitrogens is 1. The fourth-order valence-electron chi connectivity index (χ4n) is 3.46. The minimum atomic E-state index is -1.37. The molecule has 0 saturated carbocycles. The average Bonchev–Trinajstić information content (AvgIpc) is 3.31. The molecule has 1 aliphatic heterocycles. The third kappa shape index (κ3) is 5.71. The number of ether oxygens (including phenoxy) is 1. The number of pyridine rings is 1. The van der Waals surface area contributed by atoms with E-state index >= 15 is 0 Å². The summed E-state index contributed by atoms with van der Waals surface area (Å²) in [5, 5.41) is 33.9. The fourth-order valence-corrected chi connectivity index (χ4v) is 6.82. The van der Waals surface area contributed by atoms with Gasteiger partial charge in [0, 0.05) is 29.1 Å². The van der Waals surface area contributed by atoms with Crippen molar-refractivity contribution in [3.63, 3.8) is 0 Å². The topological polar surface area (TPSA) is 145 Å². The maximum absolute atomic E-state index is 13.6. The molecule has 2 heterocycles. The predicted octanol–water partition coefficient (Wildman–Crippen LogP) is 3.48. The summed E-state index contributed by atoms with van der Waals surface area (Å²) in [6, 6.07) is 9.12. The summed E-state index contributed by atoms with van der Waals surface area (Å²) in [7, 11) is -0.166. The van der Waals surface area contributed by atoms with E-state index in [0.717, 1.165) is 0 Å². The Bertz CT molecular complexity index is 1390. The van der Waals surface area contributed by atoms with Gasteiger partial charge in [-0.15, -0.1) is 0 Å². The van der Waals surface area contributed by atoms with Gasteiger partial charge in [0.2, 0.25) is 5.91 Å². The molecule has 1 fully saturated rings. The van der Waals surface area contributed by atoms with Crippen LogP contribution in [0.1, 0.15) is 12.0 Å². The lowest BCUT2D eigenvalue weighted by molar-refractivity contribution is -0.115. The van der Waals surface area contributed by atoms with E-state index in [9.17, 15) is 23.8 Å². The van der Waals surface area contributed by atoms with Gasteiger partial charge in [-0.2, -0.15) is 5.26 Å². The zero-order valence-electron chi connectivity index (χ0n) is 18.5. The molecule has 1 aromatic heterocycles. The van der Waals surface area contributed by atoms with Crippen LogP contribution >= 0.6 is 22.4 Å². The van der Waals surface area contributed by atoms with E-state index in [0.29, 0.717) is 34.5 Å². The lowest BCUT2D eigenvalue weighted by atomic mass is 10.1. The molecule has 1 saturated heterocycles. The molecule has 2 aromatic carbocycles. The number of carbonyl (C=O) groups excluding carboxylic acids is 1. The van der Waals surface area contributed by atoms with Gasteiger partial charge in [0.15, 0.2) is 0 Å². The quantitative estimate of drug-likeness (QED) is 0.310. The minimum Gasteiger partial charge on any atom is -0.489 e. The van der Waals surface area contributed by atoms with Crippen LogP contribution in [0.4, 0.5) is 21.5 Å². The van der Waals surface area contributed by atoms with Gasteiger partial charge in [0.25, 0.3) is 0 Å². The van der Waals surface area contributed by atoms with Crippen LogP contribution in [0, 0.1) is 17.1 Å². The largest absolute Gasteiger partial charge is 0.489 e. The van der Waals surface area contributed by atoms with Crippen LogP contribution in [0.15, 0.2) is 36.5 Å². The molecule has 9 nitrogen and oxygen atoms in total. The third-order valence-corrected chi connectivity index (χ3v) is 9.02. The third-order valence-electron chi connectivity index (χ3n) is 5.28. The van der Waals surface area contributed by atoms with E-state index in [4.69, 9.17) is 21.4 Å². The molecule has 0 aliphatic carbocycles. The summed E-state index contributed by atoms with van der Waals surface area (Å²) in [6.45, 7) is -0.781. The number of rotatable bonds is 8. The standard InChI is InChI=1S/C23H20ClFN4O5S2/c24-16-5-13(1-2-17(16)25)28-22-12(8-26)9-27-18-7-20(34-11-14(31)10-30)19(6-15(18)22)29-23(32)21-3-4-35-36(21)33/h1-2,5-7,9,14,21,30-31H,3-4,10-11H2,(H,27,28)(H,29,32). The number of hydrogen-bond acceptors (Lipinski definition) is 9. The van der Waals surface area contributed by atoms with E-state index < -0.39 is 39.5 Å². The molecule has 3 unspecified atom stereocenters. The smallest absolute Gasteiger partial charge is 0.241 e. The average molecular weight is 551 g/mol. The summed E-state index contributed by atoms with van der Waals surface area (Å²) < 4.78 is 31.5. The first kappa shape index (κ1) is 26.1. The van der Waals surface area contributed by atoms with Crippen LogP contribution in [0.5, 0.6) is 5.75 Å². The molecule has 4 rings (SSSR count).